The van der Waals surface area contributed by atoms with Crippen LogP contribution in [0.2, 0.25) is 0 Å². The third kappa shape index (κ3) is 1.92. The van der Waals surface area contributed by atoms with Crippen LogP contribution < -0.4 is 5.56 Å². The SMILES string of the molecule is O=c1c2ccccc2nc2c3cc(F)ccc3n(-c3ccccc3)n12. The van der Waals surface area contributed by atoms with Crippen LogP contribution in [0, 0.1) is 5.82 Å². The highest BCUT2D eigenvalue weighted by Crippen LogP contribution is 2.25. The van der Waals surface area contributed by atoms with Gasteiger partial charge in [-0.15, -0.1) is 0 Å². The minimum atomic E-state index is -0.359. The van der Waals surface area contributed by atoms with Crippen molar-refractivity contribution in [2.24, 2.45) is 0 Å². The standard InChI is InChI=1S/C20H12FN3O/c21-13-10-11-18-16(12-13)19-22-17-9-5-4-8-15(17)20(25)24(19)23(18)14-6-2-1-3-7-14/h1-12H. The van der Waals surface area contributed by atoms with Crippen LogP contribution in [0.3, 0.4) is 0 Å². The predicted molar refractivity (Wildman–Crippen MR) is 95.8 cm³/mol. The summed E-state index contributed by atoms with van der Waals surface area (Å²) in [5.41, 5.74) is 2.41. The summed E-state index contributed by atoms with van der Waals surface area (Å²) in [6, 6.07) is 21.2. The van der Waals surface area contributed by atoms with Crippen LogP contribution in [0.4, 0.5) is 4.39 Å². The third-order valence-corrected chi connectivity index (χ3v) is 4.38. The van der Waals surface area contributed by atoms with Crippen LogP contribution in [0.5, 0.6) is 0 Å². The molecule has 0 aliphatic carbocycles. The van der Waals surface area contributed by atoms with E-state index >= 15 is 0 Å². The van der Waals surface area contributed by atoms with Gasteiger partial charge in [0.05, 0.1) is 22.1 Å². The molecule has 5 rings (SSSR count). The maximum absolute atomic E-state index is 13.9. The van der Waals surface area contributed by atoms with E-state index in [2.05, 4.69) is 4.98 Å². The van der Waals surface area contributed by atoms with Gasteiger partial charge in [0, 0.05) is 5.39 Å². The van der Waals surface area contributed by atoms with Gasteiger partial charge >= 0.3 is 0 Å². The van der Waals surface area contributed by atoms with E-state index in [1.165, 1.54) is 16.6 Å². The summed E-state index contributed by atoms with van der Waals surface area (Å²) in [5, 5.41) is 1.13. The number of para-hydroxylation sites is 2. The number of benzene rings is 3. The molecule has 0 spiro atoms. The van der Waals surface area contributed by atoms with Crippen molar-refractivity contribution in [1.82, 2.24) is 14.2 Å². The molecule has 0 N–H and O–H groups in total. The Kier molecular flexibility index (Phi) is 2.79. The topological polar surface area (TPSA) is 39.3 Å². The lowest BCUT2D eigenvalue weighted by atomic mass is 10.2. The fraction of sp³-hybridized carbons (Fsp3) is 0. The second-order valence-electron chi connectivity index (χ2n) is 5.88. The lowest BCUT2D eigenvalue weighted by Crippen LogP contribution is -2.20. The molecule has 4 nitrogen and oxygen atoms in total. The van der Waals surface area contributed by atoms with Gasteiger partial charge in [0.2, 0.25) is 0 Å². The van der Waals surface area contributed by atoms with Gasteiger partial charge in [-0.3, -0.25) is 4.79 Å². The molecule has 0 aliphatic heterocycles. The number of aromatic nitrogens is 3. The van der Waals surface area contributed by atoms with E-state index in [0.29, 0.717) is 21.9 Å². The predicted octanol–water partition coefficient (Wildman–Crippen LogP) is 3.93. The average molecular weight is 329 g/mol. The molecule has 0 saturated heterocycles. The monoisotopic (exact) mass is 329 g/mol. The van der Waals surface area contributed by atoms with Crippen LogP contribution >= 0.6 is 0 Å². The Morgan fingerprint density at radius 1 is 0.840 bits per heavy atom. The van der Waals surface area contributed by atoms with Gasteiger partial charge in [-0.25, -0.2) is 14.1 Å². The smallest absolute Gasteiger partial charge is 0.267 e. The number of rotatable bonds is 1. The molecule has 0 unspecified atom stereocenters. The molecule has 5 aromatic rings. The molecule has 2 aromatic heterocycles. The molecule has 3 aromatic carbocycles. The Balaban J connectivity index is 2.10. The number of hydrogen-bond donors (Lipinski definition) is 0. The quantitative estimate of drug-likeness (QED) is 0.467. The highest BCUT2D eigenvalue weighted by atomic mass is 19.1. The van der Waals surface area contributed by atoms with Crippen molar-refractivity contribution in [2.75, 3.05) is 0 Å². The summed E-state index contributed by atoms with van der Waals surface area (Å²) in [4.78, 5) is 17.8. The molecule has 5 heteroatoms. The number of fused-ring (bicyclic) bond motifs is 4. The molecule has 2 heterocycles. The first kappa shape index (κ1) is 13.9. The van der Waals surface area contributed by atoms with Gasteiger partial charge < -0.3 is 0 Å². The van der Waals surface area contributed by atoms with Gasteiger partial charge in [0.25, 0.3) is 5.56 Å². The number of halogens is 1. The van der Waals surface area contributed by atoms with Crippen molar-refractivity contribution in [1.29, 1.82) is 0 Å². The van der Waals surface area contributed by atoms with Crippen molar-refractivity contribution in [3.05, 3.63) is 89.0 Å². The van der Waals surface area contributed by atoms with Crippen molar-refractivity contribution in [3.8, 4) is 5.69 Å². The summed E-state index contributed by atoms with van der Waals surface area (Å²) in [6.45, 7) is 0. The van der Waals surface area contributed by atoms with Gasteiger partial charge in [-0.1, -0.05) is 30.3 Å². The molecule has 0 bridgehead atoms. The number of hydrogen-bond acceptors (Lipinski definition) is 2. The van der Waals surface area contributed by atoms with E-state index in [0.717, 1.165) is 11.2 Å². The van der Waals surface area contributed by atoms with Gasteiger partial charge in [0.1, 0.15) is 5.82 Å². The maximum Gasteiger partial charge on any atom is 0.281 e. The minimum absolute atomic E-state index is 0.180. The lowest BCUT2D eigenvalue weighted by Gasteiger charge is -2.08. The molecule has 0 radical (unpaired) electrons. The first-order valence-corrected chi connectivity index (χ1v) is 7.91. The zero-order valence-electron chi connectivity index (χ0n) is 13.1. The van der Waals surface area contributed by atoms with Crippen molar-refractivity contribution >= 4 is 27.5 Å². The van der Waals surface area contributed by atoms with Gasteiger partial charge in [-0.05, 0) is 42.5 Å². The van der Waals surface area contributed by atoms with Crippen molar-refractivity contribution in [3.63, 3.8) is 0 Å². The first-order valence-electron chi connectivity index (χ1n) is 7.91. The molecule has 0 fully saturated rings. The molecule has 0 aliphatic rings. The van der Waals surface area contributed by atoms with E-state index in [4.69, 9.17) is 0 Å². The Labute approximate surface area is 141 Å². The summed E-state index contributed by atoms with van der Waals surface area (Å²) < 4.78 is 17.2. The van der Waals surface area contributed by atoms with Crippen LogP contribution in [-0.2, 0) is 0 Å². The van der Waals surface area contributed by atoms with Crippen molar-refractivity contribution in [2.45, 2.75) is 0 Å². The Hall–Kier alpha value is -3.47. The molecule has 120 valence electrons. The zero-order valence-corrected chi connectivity index (χ0v) is 13.1. The van der Waals surface area contributed by atoms with E-state index < -0.39 is 0 Å². The fourth-order valence-corrected chi connectivity index (χ4v) is 3.29. The fourth-order valence-electron chi connectivity index (χ4n) is 3.29. The molecule has 0 amide bonds. The highest BCUT2D eigenvalue weighted by Gasteiger charge is 2.17. The lowest BCUT2D eigenvalue weighted by molar-refractivity contribution is 0.629. The van der Waals surface area contributed by atoms with E-state index in [1.54, 1.807) is 22.9 Å². The summed E-state index contributed by atoms with van der Waals surface area (Å²) in [6.07, 6.45) is 0. The van der Waals surface area contributed by atoms with Crippen LogP contribution in [-0.4, -0.2) is 14.2 Å². The minimum Gasteiger partial charge on any atom is -0.267 e. The summed E-state index contributed by atoms with van der Waals surface area (Å²) in [5.74, 6) is -0.359. The van der Waals surface area contributed by atoms with Gasteiger partial charge in [-0.2, -0.15) is 4.52 Å². The average Bonchev–Trinajstić information content (AvgIpc) is 2.97. The Bertz CT molecular complexity index is 1320. The van der Waals surface area contributed by atoms with Crippen molar-refractivity contribution < 1.29 is 4.39 Å². The number of nitrogens with zero attached hydrogens (tertiary/aromatic N) is 3. The summed E-state index contributed by atoms with van der Waals surface area (Å²) >= 11 is 0. The van der Waals surface area contributed by atoms with E-state index in [1.807, 2.05) is 42.5 Å². The first-order chi connectivity index (χ1) is 12.2. The molecule has 0 saturated carbocycles. The van der Waals surface area contributed by atoms with Crippen LogP contribution in [0.15, 0.2) is 77.6 Å². The van der Waals surface area contributed by atoms with E-state index in [-0.39, 0.29) is 11.4 Å². The van der Waals surface area contributed by atoms with Crippen LogP contribution in [0.25, 0.3) is 33.1 Å². The molecule has 0 atom stereocenters. The zero-order chi connectivity index (χ0) is 17.0. The molecule has 25 heavy (non-hydrogen) atoms. The normalized spacial score (nSPS) is 11.6. The molecular formula is C20H12FN3O. The van der Waals surface area contributed by atoms with Crippen LogP contribution in [0.1, 0.15) is 0 Å². The van der Waals surface area contributed by atoms with Gasteiger partial charge in [0.15, 0.2) is 5.65 Å². The molecular weight excluding hydrogens is 317 g/mol. The second kappa shape index (κ2) is 5.01. The summed E-state index contributed by atoms with van der Waals surface area (Å²) in [7, 11) is 0. The third-order valence-electron chi connectivity index (χ3n) is 4.38. The second-order valence-corrected chi connectivity index (χ2v) is 5.88. The van der Waals surface area contributed by atoms with E-state index in [9.17, 15) is 9.18 Å². The highest BCUT2D eigenvalue weighted by molar-refractivity contribution is 5.96. The Morgan fingerprint density at radius 2 is 1.60 bits per heavy atom. The maximum atomic E-state index is 13.9. The Morgan fingerprint density at radius 3 is 2.44 bits per heavy atom. The largest absolute Gasteiger partial charge is 0.281 e.